The van der Waals surface area contributed by atoms with Crippen molar-refractivity contribution >= 4 is 43.0 Å². The van der Waals surface area contributed by atoms with E-state index in [1.54, 1.807) is 24.4 Å². The summed E-state index contributed by atoms with van der Waals surface area (Å²) >= 11 is 0. The maximum absolute atomic E-state index is 13.9. The number of nitrogens with zero attached hydrogens (tertiary/aromatic N) is 2. The number of ether oxygens (including phenoxy) is 1. The van der Waals surface area contributed by atoms with Gasteiger partial charge in [0.1, 0.15) is 11.6 Å². The minimum atomic E-state index is -3.68. The lowest BCUT2D eigenvalue weighted by molar-refractivity contribution is 0.204. The Hall–Kier alpha value is -4.53. The van der Waals surface area contributed by atoms with Crippen molar-refractivity contribution < 1.29 is 30.8 Å². The fourth-order valence-electron chi connectivity index (χ4n) is 5.14. The molecular formula is C32H34FN5O6S2. The summed E-state index contributed by atoms with van der Waals surface area (Å²) in [6.07, 6.45) is 5.83. The zero-order valence-corrected chi connectivity index (χ0v) is 26.9. The average molecular weight is 668 g/mol. The van der Waals surface area contributed by atoms with Crippen LogP contribution in [0.3, 0.4) is 0 Å². The summed E-state index contributed by atoms with van der Waals surface area (Å²) in [6.45, 7) is 2.61. The molecule has 1 aliphatic rings. The zero-order chi connectivity index (χ0) is 32.9. The molecule has 0 spiro atoms. The molecular weight excluding hydrogens is 634 g/mol. The molecule has 242 valence electrons. The van der Waals surface area contributed by atoms with Gasteiger partial charge in [-0.25, -0.2) is 31.0 Å². The van der Waals surface area contributed by atoms with Crippen LogP contribution in [0.25, 0.3) is 0 Å². The first-order chi connectivity index (χ1) is 21.8. The first kappa shape index (κ1) is 32.9. The summed E-state index contributed by atoms with van der Waals surface area (Å²) in [5, 5.41) is 5.31. The van der Waals surface area contributed by atoms with E-state index in [-0.39, 0.29) is 16.3 Å². The van der Waals surface area contributed by atoms with Crippen LogP contribution < -0.4 is 20.1 Å². The van der Waals surface area contributed by atoms with Crippen LogP contribution in [-0.2, 0) is 26.4 Å². The molecule has 3 aromatic carbocycles. The van der Waals surface area contributed by atoms with E-state index in [9.17, 15) is 26.0 Å². The SMILES string of the molecule is CS(=O)(=O)Nc1cc(NC(=O)Nc2ccc(C3CCN(Cc4ccc(Oc5ccc(S(C)(=O)=O)cc5)nc4)CC3)cc2)ccc1F. The van der Waals surface area contributed by atoms with Crippen LogP contribution in [0, 0.1) is 5.82 Å². The van der Waals surface area contributed by atoms with E-state index >= 15 is 0 Å². The summed E-state index contributed by atoms with van der Waals surface area (Å²) in [4.78, 5) is 19.5. The highest BCUT2D eigenvalue weighted by Gasteiger charge is 2.21. The van der Waals surface area contributed by atoms with Crippen molar-refractivity contribution in [1.29, 1.82) is 0 Å². The van der Waals surface area contributed by atoms with E-state index < -0.39 is 31.7 Å². The smallest absolute Gasteiger partial charge is 0.323 e. The second kappa shape index (κ2) is 13.8. The van der Waals surface area contributed by atoms with Gasteiger partial charge in [-0.3, -0.25) is 9.62 Å². The van der Waals surface area contributed by atoms with Gasteiger partial charge in [0.15, 0.2) is 9.84 Å². The first-order valence-corrected chi connectivity index (χ1v) is 18.2. The Kier molecular flexibility index (Phi) is 9.89. The molecule has 5 rings (SSSR count). The number of sulfone groups is 1. The van der Waals surface area contributed by atoms with E-state index in [4.69, 9.17) is 4.74 Å². The standard InChI is InChI=1S/C32H34FN5O6S2/c1-45(40,41)28-11-9-27(10-12-28)44-31-14-3-22(20-34-31)21-38-17-15-24(16-18-38)23-4-6-25(7-5-23)35-32(39)36-26-8-13-29(33)30(19-26)37-46(2,42)43/h3-14,19-20,24,37H,15-18,21H2,1-2H3,(H2,35,36,39). The molecule has 0 radical (unpaired) electrons. The normalized spacial score (nSPS) is 14.4. The molecule has 0 atom stereocenters. The fraction of sp³-hybridized carbons (Fsp3) is 0.250. The number of aromatic nitrogens is 1. The van der Waals surface area contributed by atoms with E-state index in [2.05, 4.69) is 25.2 Å². The third-order valence-corrected chi connectivity index (χ3v) is 9.14. The summed E-state index contributed by atoms with van der Waals surface area (Å²) in [6, 6.07) is 20.7. The van der Waals surface area contributed by atoms with Gasteiger partial charge in [0, 0.05) is 36.4 Å². The lowest BCUT2D eigenvalue weighted by Gasteiger charge is -2.32. The number of carbonyl (C=O) groups excluding carboxylic acids is 1. The van der Waals surface area contributed by atoms with Crippen molar-refractivity contribution in [3.05, 3.63) is 102 Å². The summed E-state index contributed by atoms with van der Waals surface area (Å²) in [7, 11) is -6.95. The maximum atomic E-state index is 13.9. The minimum absolute atomic E-state index is 0.229. The molecule has 0 saturated carbocycles. The van der Waals surface area contributed by atoms with Gasteiger partial charge in [0.25, 0.3) is 0 Å². The van der Waals surface area contributed by atoms with E-state index in [1.807, 2.05) is 30.3 Å². The highest BCUT2D eigenvalue weighted by Crippen LogP contribution is 2.30. The van der Waals surface area contributed by atoms with Gasteiger partial charge >= 0.3 is 6.03 Å². The van der Waals surface area contributed by atoms with Crippen molar-refractivity contribution in [2.24, 2.45) is 0 Å². The molecule has 4 aromatic rings. The van der Waals surface area contributed by atoms with Crippen molar-refractivity contribution in [3.63, 3.8) is 0 Å². The van der Waals surface area contributed by atoms with E-state index in [1.165, 1.54) is 29.8 Å². The number of hydrogen-bond acceptors (Lipinski definition) is 8. The fourth-order valence-corrected chi connectivity index (χ4v) is 6.32. The van der Waals surface area contributed by atoms with Gasteiger partial charge in [0.05, 0.1) is 16.8 Å². The van der Waals surface area contributed by atoms with Crippen LogP contribution >= 0.6 is 0 Å². The lowest BCUT2D eigenvalue weighted by Crippen LogP contribution is -2.32. The second-order valence-corrected chi connectivity index (χ2v) is 14.9. The maximum Gasteiger partial charge on any atom is 0.323 e. The number of sulfonamides is 1. The number of nitrogens with one attached hydrogen (secondary N) is 3. The molecule has 1 fully saturated rings. The highest BCUT2D eigenvalue weighted by molar-refractivity contribution is 7.92. The van der Waals surface area contributed by atoms with Crippen LogP contribution in [0.2, 0.25) is 0 Å². The number of amides is 2. The van der Waals surface area contributed by atoms with E-state index in [0.29, 0.717) is 23.2 Å². The van der Waals surface area contributed by atoms with Gasteiger partial charge in [-0.2, -0.15) is 0 Å². The number of halogens is 1. The predicted molar refractivity (Wildman–Crippen MR) is 175 cm³/mol. The van der Waals surface area contributed by atoms with Crippen LogP contribution in [-0.4, -0.2) is 58.4 Å². The van der Waals surface area contributed by atoms with Crippen molar-refractivity contribution in [2.45, 2.75) is 30.2 Å². The zero-order valence-electron chi connectivity index (χ0n) is 25.2. The van der Waals surface area contributed by atoms with Crippen molar-refractivity contribution in [1.82, 2.24) is 9.88 Å². The third kappa shape index (κ3) is 9.25. The predicted octanol–water partition coefficient (Wildman–Crippen LogP) is 5.81. The molecule has 0 unspecified atom stereocenters. The topological polar surface area (TPSA) is 147 Å². The molecule has 46 heavy (non-hydrogen) atoms. The quantitative estimate of drug-likeness (QED) is 0.192. The molecule has 0 aliphatic carbocycles. The molecule has 11 nitrogen and oxygen atoms in total. The Morgan fingerprint density at radius 2 is 1.54 bits per heavy atom. The first-order valence-electron chi connectivity index (χ1n) is 14.4. The Bertz CT molecular complexity index is 1900. The van der Waals surface area contributed by atoms with Gasteiger partial charge < -0.3 is 15.4 Å². The van der Waals surface area contributed by atoms with Gasteiger partial charge in [-0.15, -0.1) is 0 Å². The molecule has 1 aliphatic heterocycles. The van der Waals surface area contributed by atoms with Crippen LogP contribution in [0.4, 0.5) is 26.2 Å². The summed E-state index contributed by atoms with van der Waals surface area (Å²) in [5.74, 6) is 0.568. The van der Waals surface area contributed by atoms with E-state index in [0.717, 1.165) is 56.6 Å². The second-order valence-electron chi connectivity index (χ2n) is 11.2. The number of rotatable bonds is 10. The lowest BCUT2D eigenvalue weighted by atomic mass is 9.89. The number of urea groups is 1. The summed E-state index contributed by atoms with van der Waals surface area (Å²) < 4.78 is 67.9. The van der Waals surface area contributed by atoms with Crippen molar-refractivity contribution in [3.8, 4) is 11.6 Å². The number of likely N-dealkylation sites (tertiary alicyclic amines) is 1. The molecule has 2 heterocycles. The average Bonchev–Trinajstić information content (AvgIpc) is 3.00. The molecule has 2 amide bonds. The molecule has 0 bridgehead atoms. The number of pyridine rings is 1. The number of hydrogen-bond donors (Lipinski definition) is 3. The van der Waals surface area contributed by atoms with Crippen LogP contribution in [0.15, 0.2) is 90.0 Å². The summed E-state index contributed by atoms with van der Waals surface area (Å²) in [5.41, 5.74) is 2.81. The monoisotopic (exact) mass is 667 g/mol. The van der Waals surface area contributed by atoms with Crippen molar-refractivity contribution in [2.75, 3.05) is 41.0 Å². The molecule has 14 heteroatoms. The van der Waals surface area contributed by atoms with Gasteiger partial charge in [-0.1, -0.05) is 18.2 Å². The highest BCUT2D eigenvalue weighted by atomic mass is 32.2. The number of carbonyl (C=O) groups is 1. The number of benzene rings is 3. The number of anilines is 3. The molecule has 1 aromatic heterocycles. The van der Waals surface area contributed by atoms with Gasteiger partial charge in [0.2, 0.25) is 15.9 Å². The Morgan fingerprint density at radius 3 is 2.15 bits per heavy atom. The van der Waals surface area contributed by atoms with Crippen LogP contribution in [0.5, 0.6) is 11.6 Å². The van der Waals surface area contributed by atoms with Crippen LogP contribution in [0.1, 0.15) is 29.9 Å². The third-order valence-electron chi connectivity index (χ3n) is 7.43. The Labute approximate surface area is 267 Å². The largest absolute Gasteiger partial charge is 0.439 e. The Morgan fingerprint density at radius 1 is 0.891 bits per heavy atom. The number of piperidine rings is 1. The minimum Gasteiger partial charge on any atom is -0.439 e. The molecule has 3 N–H and O–H groups in total. The molecule has 1 saturated heterocycles. The van der Waals surface area contributed by atoms with Gasteiger partial charge in [-0.05, 0) is 97.6 Å². The Balaban J connectivity index is 1.07.